The van der Waals surface area contributed by atoms with Crippen LogP contribution >= 0.6 is 0 Å². The predicted octanol–water partition coefficient (Wildman–Crippen LogP) is 0.453. The number of carbonyl (C=O) groups is 2. The Kier molecular flexibility index (Phi) is 6.61. The second-order valence-electron chi connectivity index (χ2n) is 6.43. The second-order valence-corrected chi connectivity index (χ2v) is 6.43. The number of hydrogen-bond acceptors (Lipinski definition) is 3. The molecule has 2 amide bonds. The topological polar surface area (TPSA) is 71.9 Å². The van der Waals surface area contributed by atoms with E-state index in [-0.39, 0.29) is 24.4 Å². The second kappa shape index (κ2) is 8.68. The summed E-state index contributed by atoms with van der Waals surface area (Å²) in [4.78, 5) is 25.2. The summed E-state index contributed by atoms with van der Waals surface area (Å²) in [5, 5.41) is 5.89. The summed E-state index contributed by atoms with van der Waals surface area (Å²) < 4.78 is 5.14. The molecule has 0 radical (unpaired) electrons. The number of nitrogens with one attached hydrogen (secondary N) is 3. The first-order valence-electron chi connectivity index (χ1n) is 8.58. The third-order valence-electron chi connectivity index (χ3n) is 4.39. The predicted molar refractivity (Wildman–Crippen MR) is 93.2 cm³/mol. The molecule has 1 aromatic rings. The molecule has 1 aliphatic rings. The Morgan fingerprint density at radius 2 is 2.00 bits per heavy atom. The highest BCUT2D eigenvalue weighted by atomic mass is 16.5. The molecule has 1 fully saturated rings. The van der Waals surface area contributed by atoms with Crippen LogP contribution in [0.25, 0.3) is 0 Å². The lowest BCUT2D eigenvalue weighted by atomic mass is 10.2. The van der Waals surface area contributed by atoms with Crippen molar-refractivity contribution < 1.29 is 19.2 Å². The lowest BCUT2D eigenvalue weighted by Gasteiger charge is -2.19. The average Bonchev–Trinajstić information content (AvgIpc) is 3.39. The van der Waals surface area contributed by atoms with Crippen molar-refractivity contribution in [2.24, 2.45) is 5.92 Å². The maximum atomic E-state index is 12.2. The van der Waals surface area contributed by atoms with Gasteiger partial charge in [0, 0.05) is 17.8 Å². The fourth-order valence-corrected chi connectivity index (χ4v) is 2.69. The van der Waals surface area contributed by atoms with Crippen LogP contribution in [0.1, 0.15) is 26.7 Å². The number of quaternary nitrogens is 1. The minimum Gasteiger partial charge on any atom is -0.497 e. The van der Waals surface area contributed by atoms with Crippen molar-refractivity contribution in [1.82, 2.24) is 5.32 Å². The molecular formula is C18H28N3O3+. The fourth-order valence-electron chi connectivity index (χ4n) is 2.69. The maximum Gasteiger partial charge on any atom is 0.279 e. The SMILES string of the molecule is CC[NH+](CC(=O)Nc1cccc(OC)c1)CC(=O)N[C@H](C)C1CC1. The number of ether oxygens (including phenoxy) is 1. The Labute approximate surface area is 143 Å². The summed E-state index contributed by atoms with van der Waals surface area (Å²) in [6.45, 7) is 5.33. The number of rotatable bonds is 9. The third-order valence-corrected chi connectivity index (χ3v) is 4.39. The number of carbonyl (C=O) groups excluding carboxylic acids is 2. The maximum absolute atomic E-state index is 12.2. The molecule has 24 heavy (non-hydrogen) atoms. The summed E-state index contributed by atoms with van der Waals surface area (Å²) in [5.41, 5.74) is 0.696. The van der Waals surface area contributed by atoms with E-state index in [4.69, 9.17) is 4.74 Å². The van der Waals surface area contributed by atoms with Gasteiger partial charge in [-0.1, -0.05) is 6.07 Å². The summed E-state index contributed by atoms with van der Waals surface area (Å²) in [6.07, 6.45) is 2.41. The quantitative estimate of drug-likeness (QED) is 0.614. The van der Waals surface area contributed by atoms with Gasteiger partial charge in [0.25, 0.3) is 11.8 Å². The van der Waals surface area contributed by atoms with Gasteiger partial charge in [0.1, 0.15) is 5.75 Å². The average molecular weight is 334 g/mol. The van der Waals surface area contributed by atoms with Crippen molar-refractivity contribution in [2.75, 3.05) is 32.1 Å². The molecule has 0 heterocycles. The van der Waals surface area contributed by atoms with Crippen LogP contribution in [-0.4, -0.2) is 44.6 Å². The van der Waals surface area contributed by atoms with Gasteiger partial charge in [0.2, 0.25) is 0 Å². The summed E-state index contributed by atoms with van der Waals surface area (Å²) in [6, 6.07) is 7.47. The van der Waals surface area contributed by atoms with E-state index in [9.17, 15) is 9.59 Å². The van der Waals surface area contributed by atoms with E-state index < -0.39 is 0 Å². The minimum atomic E-state index is -0.108. The van der Waals surface area contributed by atoms with Crippen LogP contribution in [-0.2, 0) is 9.59 Å². The number of likely N-dealkylation sites (N-methyl/N-ethyl adjacent to an activating group) is 1. The Balaban J connectivity index is 1.79. The molecule has 1 aliphatic carbocycles. The zero-order chi connectivity index (χ0) is 17.5. The van der Waals surface area contributed by atoms with E-state index >= 15 is 0 Å². The van der Waals surface area contributed by atoms with Crippen LogP contribution in [0.4, 0.5) is 5.69 Å². The number of amides is 2. The van der Waals surface area contributed by atoms with Crippen molar-refractivity contribution in [2.45, 2.75) is 32.7 Å². The van der Waals surface area contributed by atoms with Crippen molar-refractivity contribution >= 4 is 17.5 Å². The fraction of sp³-hybridized carbons (Fsp3) is 0.556. The Morgan fingerprint density at radius 1 is 1.29 bits per heavy atom. The van der Waals surface area contributed by atoms with Crippen LogP contribution in [0.5, 0.6) is 5.75 Å². The van der Waals surface area contributed by atoms with E-state index in [1.54, 1.807) is 13.2 Å². The Bertz CT molecular complexity index is 572. The number of anilines is 1. The van der Waals surface area contributed by atoms with Gasteiger partial charge >= 0.3 is 0 Å². The highest BCUT2D eigenvalue weighted by Gasteiger charge is 2.29. The van der Waals surface area contributed by atoms with Crippen LogP contribution in [0.2, 0.25) is 0 Å². The monoisotopic (exact) mass is 334 g/mol. The number of hydrogen-bond donors (Lipinski definition) is 3. The van der Waals surface area contributed by atoms with Crippen molar-refractivity contribution in [1.29, 1.82) is 0 Å². The molecule has 6 nitrogen and oxygen atoms in total. The summed E-state index contributed by atoms with van der Waals surface area (Å²) in [7, 11) is 1.59. The highest BCUT2D eigenvalue weighted by Crippen LogP contribution is 2.32. The molecule has 132 valence electrons. The Hall–Kier alpha value is -2.08. The van der Waals surface area contributed by atoms with Gasteiger partial charge in [-0.15, -0.1) is 0 Å². The van der Waals surface area contributed by atoms with Crippen LogP contribution in [0.15, 0.2) is 24.3 Å². The zero-order valence-electron chi connectivity index (χ0n) is 14.7. The molecule has 2 rings (SSSR count). The molecule has 0 saturated heterocycles. The number of benzene rings is 1. The van der Waals surface area contributed by atoms with Crippen molar-refractivity contribution in [3.8, 4) is 5.75 Å². The number of methoxy groups -OCH3 is 1. The van der Waals surface area contributed by atoms with Crippen molar-refractivity contribution in [3.63, 3.8) is 0 Å². The molecule has 0 spiro atoms. The van der Waals surface area contributed by atoms with Gasteiger partial charge in [-0.25, -0.2) is 0 Å². The van der Waals surface area contributed by atoms with Crippen molar-refractivity contribution in [3.05, 3.63) is 24.3 Å². The molecule has 6 heteroatoms. The largest absolute Gasteiger partial charge is 0.497 e. The molecule has 2 atom stereocenters. The molecule has 3 N–H and O–H groups in total. The third kappa shape index (κ3) is 5.85. The van der Waals surface area contributed by atoms with Crippen LogP contribution < -0.4 is 20.3 Å². The van der Waals surface area contributed by atoms with E-state index in [0.29, 0.717) is 23.9 Å². The van der Waals surface area contributed by atoms with E-state index in [2.05, 4.69) is 17.6 Å². The summed E-state index contributed by atoms with van der Waals surface area (Å²) >= 11 is 0. The van der Waals surface area contributed by atoms with Gasteiger partial charge in [-0.2, -0.15) is 0 Å². The Morgan fingerprint density at radius 3 is 2.62 bits per heavy atom. The first kappa shape index (κ1) is 18.3. The van der Waals surface area contributed by atoms with Gasteiger partial charge < -0.3 is 20.3 Å². The van der Waals surface area contributed by atoms with E-state index in [1.807, 2.05) is 25.1 Å². The molecule has 1 unspecified atom stereocenters. The lowest BCUT2D eigenvalue weighted by Crippen LogP contribution is -3.14. The molecule has 1 saturated carbocycles. The van der Waals surface area contributed by atoms with Gasteiger partial charge in [0.05, 0.1) is 13.7 Å². The standard InChI is InChI=1S/C18H27N3O3/c1-4-21(11-17(22)19-13(2)14-8-9-14)12-18(23)20-15-6-5-7-16(10-15)24-3/h5-7,10,13-14H,4,8-9,11-12H2,1-3H3,(H,19,22)(H,20,23)/p+1/t13-/m1/s1. The first-order chi connectivity index (χ1) is 11.5. The molecule has 0 aliphatic heterocycles. The first-order valence-corrected chi connectivity index (χ1v) is 8.58. The molecule has 1 aromatic carbocycles. The molecule has 0 aromatic heterocycles. The van der Waals surface area contributed by atoms with Gasteiger partial charge in [-0.05, 0) is 44.7 Å². The lowest BCUT2D eigenvalue weighted by molar-refractivity contribution is -0.881. The zero-order valence-corrected chi connectivity index (χ0v) is 14.7. The van der Waals surface area contributed by atoms with E-state index in [1.165, 1.54) is 12.8 Å². The highest BCUT2D eigenvalue weighted by molar-refractivity contribution is 5.91. The van der Waals surface area contributed by atoms with Gasteiger partial charge in [-0.3, -0.25) is 9.59 Å². The van der Waals surface area contributed by atoms with Gasteiger partial charge in [0.15, 0.2) is 13.1 Å². The van der Waals surface area contributed by atoms with E-state index in [0.717, 1.165) is 11.4 Å². The van der Waals surface area contributed by atoms with Crippen LogP contribution in [0, 0.1) is 5.92 Å². The smallest absolute Gasteiger partial charge is 0.279 e. The molecule has 0 bridgehead atoms. The molecular weight excluding hydrogens is 306 g/mol. The normalized spacial score (nSPS) is 16.1. The minimum absolute atomic E-state index is 0.0143. The van der Waals surface area contributed by atoms with Crippen LogP contribution in [0.3, 0.4) is 0 Å². The summed E-state index contributed by atoms with van der Waals surface area (Å²) in [5.74, 6) is 1.24.